The molecular formula is C21H26O7. The maximum atomic E-state index is 10.5. The smallest absolute Gasteiger partial charge is 0.161 e. The molecule has 0 amide bonds. The third-order valence-corrected chi connectivity index (χ3v) is 4.18. The highest BCUT2D eigenvalue weighted by atomic mass is 16.5. The molecule has 0 aliphatic carbocycles. The standard InChI is InChI=1S/C21H26O7/c1-26-19-12-15(5-7-16(19)24)10-17(25)21(13-23)28-18-8-6-14(4-3-9-22)11-20(18)27-2/h3-8,11-12,17,21-25H,9-10,13H2,1-2H3/b4-3-/t17-,21+/m0/s1. The monoisotopic (exact) mass is 390 g/mol. The molecule has 0 fully saturated rings. The molecule has 7 nitrogen and oxygen atoms in total. The number of rotatable bonds is 10. The molecule has 4 N–H and O–H groups in total. The van der Waals surface area contributed by atoms with Crippen molar-refractivity contribution in [1.82, 2.24) is 0 Å². The van der Waals surface area contributed by atoms with Crippen LogP contribution in [0.4, 0.5) is 0 Å². The zero-order chi connectivity index (χ0) is 20.5. The van der Waals surface area contributed by atoms with Crippen LogP contribution >= 0.6 is 0 Å². The Labute approximate surface area is 164 Å². The average molecular weight is 390 g/mol. The first-order valence-corrected chi connectivity index (χ1v) is 8.79. The van der Waals surface area contributed by atoms with Crippen LogP contribution < -0.4 is 14.2 Å². The van der Waals surface area contributed by atoms with Gasteiger partial charge in [-0.2, -0.15) is 0 Å². The molecule has 2 aromatic carbocycles. The van der Waals surface area contributed by atoms with E-state index in [9.17, 15) is 15.3 Å². The van der Waals surface area contributed by atoms with Crippen LogP contribution in [-0.2, 0) is 6.42 Å². The topological polar surface area (TPSA) is 109 Å². The molecular weight excluding hydrogens is 364 g/mol. The maximum absolute atomic E-state index is 10.5. The van der Waals surface area contributed by atoms with E-state index >= 15 is 0 Å². The van der Waals surface area contributed by atoms with Gasteiger partial charge in [0.05, 0.1) is 33.5 Å². The minimum atomic E-state index is -1.00. The van der Waals surface area contributed by atoms with Gasteiger partial charge in [0.1, 0.15) is 6.10 Å². The molecule has 0 bridgehead atoms. The van der Waals surface area contributed by atoms with E-state index in [0.717, 1.165) is 11.1 Å². The number of benzene rings is 2. The molecule has 0 saturated carbocycles. The van der Waals surface area contributed by atoms with Gasteiger partial charge in [-0.15, -0.1) is 0 Å². The van der Waals surface area contributed by atoms with Crippen LogP contribution in [0.1, 0.15) is 11.1 Å². The van der Waals surface area contributed by atoms with Gasteiger partial charge in [0.25, 0.3) is 0 Å². The Hall–Kier alpha value is -2.74. The van der Waals surface area contributed by atoms with Crippen molar-refractivity contribution in [3.8, 4) is 23.0 Å². The second-order valence-corrected chi connectivity index (χ2v) is 6.11. The van der Waals surface area contributed by atoms with Crippen LogP contribution in [0.3, 0.4) is 0 Å². The fraction of sp³-hybridized carbons (Fsp3) is 0.333. The van der Waals surface area contributed by atoms with Crippen molar-refractivity contribution >= 4 is 6.08 Å². The van der Waals surface area contributed by atoms with Gasteiger partial charge in [-0.05, 0) is 35.4 Å². The lowest BCUT2D eigenvalue weighted by Gasteiger charge is -2.24. The van der Waals surface area contributed by atoms with E-state index in [0.29, 0.717) is 17.2 Å². The summed E-state index contributed by atoms with van der Waals surface area (Å²) in [5.41, 5.74) is 1.54. The zero-order valence-electron chi connectivity index (χ0n) is 15.9. The van der Waals surface area contributed by atoms with Crippen LogP contribution in [-0.4, -0.2) is 60.1 Å². The number of aromatic hydroxyl groups is 1. The van der Waals surface area contributed by atoms with Crippen molar-refractivity contribution in [3.63, 3.8) is 0 Å². The van der Waals surface area contributed by atoms with Crippen molar-refractivity contribution in [2.24, 2.45) is 0 Å². The van der Waals surface area contributed by atoms with Gasteiger partial charge in [-0.25, -0.2) is 0 Å². The highest BCUT2D eigenvalue weighted by Crippen LogP contribution is 2.31. The van der Waals surface area contributed by atoms with Gasteiger partial charge in [-0.3, -0.25) is 0 Å². The summed E-state index contributed by atoms with van der Waals surface area (Å²) in [6, 6.07) is 9.95. The van der Waals surface area contributed by atoms with Crippen molar-refractivity contribution in [2.45, 2.75) is 18.6 Å². The molecule has 2 rings (SSSR count). The molecule has 7 heteroatoms. The number of phenols is 1. The Morgan fingerprint density at radius 2 is 1.71 bits per heavy atom. The van der Waals surface area contributed by atoms with Gasteiger partial charge in [0.2, 0.25) is 0 Å². The van der Waals surface area contributed by atoms with Crippen molar-refractivity contribution in [3.05, 3.63) is 53.6 Å². The lowest BCUT2D eigenvalue weighted by molar-refractivity contribution is 0.00137. The normalized spacial score (nSPS) is 13.3. The highest BCUT2D eigenvalue weighted by molar-refractivity contribution is 5.56. The van der Waals surface area contributed by atoms with Crippen LogP contribution in [0.15, 0.2) is 42.5 Å². The third kappa shape index (κ3) is 5.63. The SMILES string of the molecule is COc1cc(C[C@H](O)[C@@H](CO)Oc2ccc(/C=C\CO)cc2OC)ccc1O. The molecule has 0 spiro atoms. The van der Waals surface area contributed by atoms with Crippen LogP contribution in [0, 0.1) is 0 Å². The lowest BCUT2D eigenvalue weighted by atomic mass is 10.0. The van der Waals surface area contributed by atoms with Crippen LogP contribution in [0.5, 0.6) is 23.0 Å². The zero-order valence-corrected chi connectivity index (χ0v) is 15.9. The molecule has 0 saturated heterocycles. The van der Waals surface area contributed by atoms with Gasteiger partial charge in [0, 0.05) is 6.42 Å². The van der Waals surface area contributed by atoms with E-state index in [1.165, 1.54) is 20.3 Å². The number of aliphatic hydroxyl groups excluding tert-OH is 3. The fourth-order valence-electron chi connectivity index (χ4n) is 2.70. The predicted molar refractivity (Wildman–Crippen MR) is 105 cm³/mol. The van der Waals surface area contributed by atoms with E-state index in [1.807, 2.05) is 0 Å². The van der Waals surface area contributed by atoms with E-state index in [2.05, 4.69) is 0 Å². The Bertz CT molecular complexity index is 788. The highest BCUT2D eigenvalue weighted by Gasteiger charge is 2.23. The second kappa shape index (κ2) is 10.6. The Morgan fingerprint density at radius 1 is 0.964 bits per heavy atom. The van der Waals surface area contributed by atoms with E-state index in [-0.39, 0.29) is 18.8 Å². The molecule has 2 atom stereocenters. The van der Waals surface area contributed by atoms with Crippen molar-refractivity contribution < 1.29 is 34.6 Å². The number of hydrogen-bond acceptors (Lipinski definition) is 7. The molecule has 28 heavy (non-hydrogen) atoms. The first-order valence-electron chi connectivity index (χ1n) is 8.79. The number of ether oxygens (including phenoxy) is 3. The first-order chi connectivity index (χ1) is 13.5. The van der Waals surface area contributed by atoms with Crippen LogP contribution in [0.2, 0.25) is 0 Å². The van der Waals surface area contributed by atoms with E-state index in [4.69, 9.17) is 19.3 Å². The first kappa shape index (κ1) is 21.6. The summed E-state index contributed by atoms with van der Waals surface area (Å²) in [5.74, 6) is 1.14. The summed E-state index contributed by atoms with van der Waals surface area (Å²) in [4.78, 5) is 0. The van der Waals surface area contributed by atoms with E-state index in [1.54, 1.807) is 42.5 Å². The second-order valence-electron chi connectivity index (χ2n) is 6.11. The Balaban J connectivity index is 2.13. The molecule has 152 valence electrons. The van der Waals surface area contributed by atoms with Gasteiger partial charge < -0.3 is 34.6 Å². The molecule has 0 aliphatic heterocycles. The number of phenolic OH excluding ortho intramolecular Hbond substituents is 1. The van der Waals surface area contributed by atoms with Crippen molar-refractivity contribution in [2.75, 3.05) is 27.4 Å². The minimum Gasteiger partial charge on any atom is -0.504 e. The molecule has 0 radical (unpaired) electrons. The summed E-state index contributed by atoms with van der Waals surface area (Å²) in [6.45, 7) is -0.465. The number of methoxy groups -OCH3 is 2. The quantitative estimate of drug-likeness (QED) is 0.489. The Kier molecular flexibility index (Phi) is 8.13. The van der Waals surface area contributed by atoms with Gasteiger partial charge in [-0.1, -0.05) is 24.3 Å². The summed E-state index contributed by atoms with van der Waals surface area (Å²) in [6.07, 6.45) is 1.65. The summed E-state index contributed by atoms with van der Waals surface area (Å²) in [5, 5.41) is 38.7. The van der Waals surface area contributed by atoms with Crippen LogP contribution in [0.25, 0.3) is 6.08 Å². The number of aliphatic hydroxyl groups is 3. The van der Waals surface area contributed by atoms with E-state index < -0.39 is 18.8 Å². The Morgan fingerprint density at radius 3 is 2.36 bits per heavy atom. The average Bonchev–Trinajstić information content (AvgIpc) is 2.71. The van der Waals surface area contributed by atoms with Gasteiger partial charge >= 0.3 is 0 Å². The largest absolute Gasteiger partial charge is 0.504 e. The minimum absolute atomic E-state index is 0.00997. The lowest BCUT2D eigenvalue weighted by Crippen LogP contribution is -2.36. The summed E-state index contributed by atoms with van der Waals surface area (Å²) >= 11 is 0. The summed E-state index contributed by atoms with van der Waals surface area (Å²) in [7, 11) is 2.94. The predicted octanol–water partition coefficient (Wildman–Crippen LogP) is 1.76. The molecule has 0 unspecified atom stereocenters. The number of hydrogen-bond donors (Lipinski definition) is 4. The molecule has 2 aromatic rings. The fourth-order valence-corrected chi connectivity index (χ4v) is 2.70. The molecule has 0 aromatic heterocycles. The third-order valence-electron chi connectivity index (χ3n) is 4.18. The van der Waals surface area contributed by atoms with Gasteiger partial charge in [0.15, 0.2) is 23.0 Å². The van der Waals surface area contributed by atoms with Crippen molar-refractivity contribution in [1.29, 1.82) is 0 Å². The maximum Gasteiger partial charge on any atom is 0.161 e. The molecule has 0 heterocycles. The summed E-state index contributed by atoms with van der Waals surface area (Å²) < 4.78 is 16.2. The molecule has 0 aliphatic rings.